The molecule has 0 radical (unpaired) electrons. The van der Waals surface area contributed by atoms with Crippen LogP contribution in [0.15, 0.2) is 0 Å². The third kappa shape index (κ3) is 62.8. The predicted molar refractivity (Wildman–Crippen MR) is 354 cm³/mol. The van der Waals surface area contributed by atoms with E-state index in [0.29, 0.717) is 25.7 Å². The Hall–Kier alpha value is -1.94. The van der Waals surface area contributed by atoms with Gasteiger partial charge in [-0.25, -0.2) is 9.13 Å². The summed E-state index contributed by atoms with van der Waals surface area (Å²) >= 11 is 0. The number of aliphatic hydroxyl groups is 1. The number of ether oxygens (including phenoxy) is 4. The van der Waals surface area contributed by atoms with Crippen LogP contribution >= 0.6 is 15.6 Å². The molecule has 0 aromatic heterocycles. The minimum Gasteiger partial charge on any atom is -0.462 e. The molecular weight excluding hydrogens is 1160 g/mol. The number of hydrogen-bond acceptors (Lipinski definition) is 15. The second kappa shape index (κ2) is 62.5. The normalized spacial score (nSPS) is 14.1. The molecule has 0 aliphatic rings. The number of carbonyl (C=O) groups excluding carboxylic acids is 4. The number of rotatable bonds is 69. The molecule has 5 atom stereocenters. The summed E-state index contributed by atoms with van der Waals surface area (Å²) in [6, 6.07) is 0. The molecule has 0 amide bonds. The highest BCUT2D eigenvalue weighted by molar-refractivity contribution is 7.47. The van der Waals surface area contributed by atoms with Crippen molar-refractivity contribution in [1.82, 2.24) is 0 Å². The number of carbonyl (C=O) groups is 4. The maximum absolute atomic E-state index is 13.0. The van der Waals surface area contributed by atoms with Crippen molar-refractivity contribution >= 4 is 39.5 Å². The molecule has 0 aromatic carbocycles. The van der Waals surface area contributed by atoms with E-state index in [0.717, 1.165) is 102 Å². The quantitative estimate of drug-likeness (QED) is 0.0222. The summed E-state index contributed by atoms with van der Waals surface area (Å²) in [5, 5.41) is 10.6. The molecule has 0 rings (SSSR count). The molecule has 0 saturated carbocycles. The summed E-state index contributed by atoms with van der Waals surface area (Å²) in [6.45, 7) is 7.17. The Labute approximate surface area is 537 Å². The van der Waals surface area contributed by atoms with Crippen LogP contribution in [-0.2, 0) is 65.4 Å². The van der Waals surface area contributed by atoms with E-state index in [-0.39, 0.29) is 25.7 Å². The van der Waals surface area contributed by atoms with Gasteiger partial charge in [-0.1, -0.05) is 304 Å². The van der Waals surface area contributed by atoms with Crippen molar-refractivity contribution in [2.24, 2.45) is 5.92 Å². The number of hydrogen-bond donors (Lipinski definition) is 3. The van der Waals surface area contributed by atoms with Crippen molar-refractivity contribution in [3.8, 4) is 0 Å². The van der Waals surface area contributed by atoms with Crippen LogP contribution in [0.25, 0.3) is 0 Å². The molecule has 522 valence electrons. The molecule has 19 heteroatoms. The molecule has 2 unspecified atom stereocenters. The van der Waals surface area contributed by atoms with E-state index in [2.05, 4.69) is 34.6 Å². The van der Waals surface area contributed by atoms with Crippen LogP contribution < -0.4 is 0 Å². The van der Waals surface area contributed by atoms with Crippen molar-refractivity contribution in [1.29, 1.82) is 0 Å². The average Bonchev–Trinajstić information content (AvgIpc) is 3.64. The lowest BCUT2D eigenvalue weighted by atomic mass is 10.0. The molecule has 3 N–H and O–H groups in total. The summed E-state index contributed by atoms with van der Waals surface area (Å²) in [7, 11) is -9.89. The van der Waals surface area contributed by atoms with Gasteiger partial charge < -0.3 is 33.8 Å². The zero-order chi connectivity index (χ0) is 64.9. The average molecular weight is 1300 g/mol. The molecule has 0 aliphatic carbocycles. The molecular formula is C69H134O17P2. The molecule has 0 saturated heterocycles. The fourth-order valence-electron chi connectivity index (χ4n) is 10.5. The van der Waals surface area contributed by atoms with E-state index in [4.69, 9.17) is 37.0 Å². The van der Waals surface area contributed by atoms with E-state index in [9.17, 15) is 43.2 Å². The number of aliphatic hydroxyl groups excluding tert-OH is 1. The maximum atomic E-state index is 13.0. The molecule has 0 aromatic rings. The highest BCUT2D eigenvalue weighted by Crippen LogP contribution is 2.45. The van der Waals surface area contributed by atoms with Crippen LogP contribution in [0, 0.1) is 5.92 Å². The van der Waals surface area contributed by atoms with Gasteiger partial charge in [0.25, 0.3) is 0 Å². The lowest BCUT2D eigenvalue weighted by Crippen LogP contribution is -2.30. The van der Waals surface area contributed by atoms with Gasteiger partial charge in [-0.3, -0.25) is 37.3 Å². The smallest absolute Gasteiger partial charge is 0.462 e. The third-order valence-electron chi connectivity index (χ3n) is 16.0. The minimum absolute atomic E-state index is 0.107. The van der Waals surface area contributed by atoms with Gasteiger partial charge >= 0.3 is 39.5 Å². The van der Waals surface area contributed by atoms with Crippen molar-refractivity contribution in [3.05, 3.63) is 0 Å². The summed E-state index contributed by atoms with van der Waals surface area (Å²) < 4.78 is 68.1. The summed E-state index contributed by atoms with van der Waals surface area (Å²) in [5.41, 5.74) is 0. The molecule has 0 fully saturated rings. The Balaban J connectivity index is 5.16. The predicted octanol–water partition coefficient (Wildman–Crippen LogP) is 19.7. The molecule has 88 heavy (non-hydrogen) atoms. The molecule has 17 nitrogen and oxygen atoms in total. The Morgan fingerprint density at radius 2 is 0.523 bits per heavy atom. The number of phosphoric ester groups is 2. The zero-order valence-corrected chi connectivity index (χ0v) is 58.6. The monoisotopic (exact) mass is 1300 g/mol. The highest BCUT2D eigenvalue weighted by atomic mass is 31.2. The number of phosphoric acid groups is 2. The number of esters is 4. The largest absolute Gasteiger partial charge is 0.472 e. The number of unbranched alkanes of at least 4 members (excludes halogenated alkanes) is 41. The molecule has 0 spiro atoms. The van der Waals surface area contributed by atoms with Gasteiger partial charge in [0.2, 0.25) is 0 Å². The van der Waals surface area contributed by atoms with Crippen LogP contribution in [0.5, 0.6) is 0 Å². The first-order chi connectivity index (χ1) is 42.5. The van der Waals surface area contributed by atoms with E-state index in [1.165, 1.54) is 173 Å². The second-order valence-electron chi connectivity index (χ2n) is 25.4. The fourth-order valence-corrected chi connectivity index (χ4v) is 12.0. The first-order valence-corrected chi connectivity index (χ1v) is 39.1. The van der Waals surface area contributed by atoms with Gasteiger partial charge in [-0.2, -0.15) is 0 Å². The van der Waals surface area contributed by atoms with E-state index in [1.807, 2.05) is 0 Å². The summed E-state index contributed by atoms with van der Waals surface area (Å²) in [6.07, 6.45) is 48.8. The van der Waals surface area contributed by atoms with Crippen molar-refractivity contribution in [2.75, 3.05) is 39.6 Å². The van der Waals surface area contributed by atoms with E-state index < -0.39 is 97.5 Å². The van der Waals surface area contributed by atoms with Crippen LogP contribution in [-0.4, -0.2) is 96.7 Å². The minimum atomic E-state index is -4.95. The molecule has 0 heterocycles. The van der Waals surface area contributed by atoms with Gasteiger partial charge in [-0.05, 0) is 31.6 Å². The van der Waals surface area contributed by atoms with Gasteiger partial charge in [0.1, 0.15) is 19.3 Å². The van der Waals surface area contributed by atoms with Crippen LogP contribution in [0.1, 0.15) is 356 Å². The Kier molecular flexibility index (Phi) is 61.1. The first kappa shape index (κ1) is 86.1. The van der Waals surface area contributed by atoms with Crippen molar-refractivity contribution in [3.63, 3.8) is 0 Å². The topological polar surface area (TPSA) is 237 Å². The third-order valence-corrected chi connectivity index (χ3v) is 17.9. The van der Waals surface area contributed by atoms with Gasteiger partial charge in [-0.15, -0.1) is 0 Å². The van der Waals surface area contributed by atoms with Crippen molar-refractivity contribution < 1.29 is 80.2 Å². The standard InChI is InChI=1S/C69H134O17P2/c1-6-9-12-15-17-19-21-23-25-27-31-36-40-45-50-55-69(74)86-65(59-80-67(72)53-48-43-38-34-32-28-29-33-37-42-46-51-62(4)5)61-84-88(77,78)82-57-63(70)56-81-87(75,76)83-60-64(58-79-66(71)52-47-41-14-11-8-3)85-68(73)54-49-44-39-35-30-26-24-22-20-18-16-13-10-7-2/h62-65,70H,6-61H2,1-5H3,(H,75,76)(H,77,78)/t63-,64+,65+/m0/s1. The Bertz CT molecular complexity index is 1700. The Morgan fingerprint density at radius 1 is 0.307 bits per heavy atom. The fraction of sp³-hybridized carbons (Fsp3) is 0.942. The first-order valence-electron chi connectivity index (χ1n) is 36.1. The van der Waals surface area contributed by atoms with Crippen LogP contribution in [0.2, 0.25) is 0 Å². The van der Waals surface area contributed by atoms with Gasteiger partial charge in [0, 0.05) is 25.7 Å². The SMILES string of the molecule is CCCCCCCCCCCCCCCCCC(=O)O[C@H](COC(=O)CCCCCCCCCCCCCC(C)C)COP(=O)(O)OC[C@@H](O)COP(=O)(O)OC[C@@H](COC(=O)CCCCCCC)OC(=O)CCCCCCCCCCCCCCCC. The zero-order valence-electron chi connectivity index (χ0n) is 56.9. The van der Waals surface area contributed by atoms with E-state index >= 15 is 0 Å². The van der Waals surface area contributed by atoms with Crippen LogP contribution in [0.3, 0.4) is 0 Å². The lowest BCUT2D eigenvalue weighted by molar-refractivity contribution is -0.161. The van der Waals surface area contributed by atoms with Crippen LogP contribution in [0.4, 0.5) is 0 Å². The van der Waals surface area contributed by atoms with Crippen molar-refractivity contribution in [2.45, 2.75) is 374 Å². The highest BCUT2D eigenvalue weighted by Gasteiger charge is 2.30. The maximum Gasteiger partial charge on any atom is 0.472 e. The molecule has 0 aliphatic heterocycles. The van der Waals surface area contributed by atoms with E-state index in [1.54, 1.807) is 0 Å². The lowest BCUT2D eigenvalue weighted by Gasteiger charge is -2.21. The summed E-state index contributed by atoms with van der Waals surface area (Å²) in [4.78, 5) is 72.3. The molecule has 0 bridgehead atoms. The summed E-state index contributed by atoms with van der Waals surface area (Å²) in [5.74, 6) is -1.36. The Morgan fingerprint density at radius 3 is 0.773 bits per heavy atom. The van der Waals surface area contributed by atoms with Gasteiger partial charge in [0.05, 0.1) is 26.4 Å². The second-order valence-corrected chi connectivity index (χ2v) is 28.3. The van der Waals surface area contributed by atoms with Gasteiger partial charge in [0.15, 0.2) is 12.2 Å².